The normalized spacial score (nSPS) is 11.2. The van der Waals surface area contributed by atoms with Gasteiger partial charge in [0, 0.05) is 20.6 Å². The average molecular weight is 301 g/mol. The second-order valence-corrected chi connectivity index (χ2v) is 6.54. The molecule has 0 spiro atoms. The molecular formula is C12H19N3O4S. The molecule has 1 aromatic rings. The van der Waals surface area contributed by atoms with Crippen molar-refractivity contribution in [1.29, 1.82) is 0 Å². The molecule has 0 aromatic carbocycles. The molecular weight excluding hydrogens is 282 g/mol. The molecule has 0 aliphatic carbocycles. The Morgan fingerprint density at radius 3 is 2.30 bits per heavy atom. The maximum Gasteiger partial charge on any atom is 0.335 e. The van der Waals surface area contributed by atoms with Crippen LogP contribution in [-0.4, -0.2) is 51.4 Å². The monoisotopic (exact) mass is 301 g/mol. The van der Waals surface area contributed by atoms with Crippen molar-refractivity contribution < 1.29 is 18.3 Å². The molecule has 1 heterocycles. The van der Waals surface area contributed by atoms with Gasteiger partial charge in [0.15, 0.2) is 0 Å². The van der Waals surface area contributed by atoms with Crippen molar-refractivity contribution in [2.45, 2.75) is 13.3 Å². The lowest BCUT2D eigenvalue weighted by atomic mass is 10.2. The summed E-state index contributed by atoms with van der Waals surface area (Å²) in [4.78, 5) is 17.1. The Labute approximate surface area is 118 Å². The number of hydrogen-bond acceptors (Lipinski definition) is 5. The van der Waals surface area contributed by atoms with Crippen molar-refractivity contribution >= 4 is 27.6 Å². The summed E-state index contributed by atoms with van der Waals surface area (Å²) in [5, 5.41) is 9.12. The first-order chi connectivity index (χ1) is 9.16. The van der Waals surface area contributed by atoms with E-state index in [2.05, 4.69) is 4.98 Å². The Bertz CT molecular complexity index is 601. The zero-order valence-electron chi connectivity index (χ0n) is 12.0. The van der Waals surface area contributed by atoms with Gasteiger partial charge in [0.25, 0.3) is 0 Å². The van der Waals surface area contributed by atoms with Crippen LogP contribution in [0.15, 0.2) is 12.1 Å². The van der Waals surface area contributed by atoms with E-state index in [0.29, 0.717) is 12.4 Å². The van der Waals surface area contributed by atoms with Gasteiger partial charge in [-0.15, -0.1) is 0 Å². The molecule has 20 heavy (non-hydrogen) atoms. The summed E-state index contributed by atoms with van der Waals surface area (Å²) in [5.41, 5.74) is 0.00320. The maximum absolute atomic E-state index is 11.5. The van der Waals surface area contributed by atoms with Gasteiger partial charge in [-0.25, -0.2) is 18.2 Å². The predicted molar refractivity (Wildman–Crippen MR) is 78.0 cm³/mol. The van der Waals surface area contributed by atoms with Crippen LogP contribution in [0.4, 0.5) is 11.6 Å². The first-order valence-corrected chi connectivity index (χ1v) is 7.92. The summed E-state index contributed by atoms with van der Waals surface area (Å²) in [6, 6.07) is 2.67. The third kappa shape index (κ3) is 3.83. The Morgan fingerprint density at radius 1 is 1.30 bits per heavy atom. The van der Waals surface area contributed by atoms with Crippen LogP contribution >= 0.6 is 0 Å². The maximum atomic E-state index is 11.5. The highest BCUT2D eigenvalue weighted by molar-refractivity contribution is 7.92. The van der Waals surface area contributed by atoms with E-state index in [1.54, 1.807) is 11.9 Å². The van der Waals surface area contributed by atoms with Crippen molar-refractivity contribution in [3.63, 3.8) is 0 Å². The molecule has 0 amide bonds. The third-order valence-corrected chi connectivity index (χ3v) is 4.00. The summed E-state index contributed by atoms with van der Waals surface area (Å²) in [6.07, 6.45) is 1.91. The van der Waals surface area contributed by atoms with Crippen molar-refractivity contribution in [2.24, 2.45) is 0 Å². The zero-order chi connectivity index (χ0) is 15.5. The van der Waals surface area contributed by atoms with E-state index in [9.17, 15) is 13.2 Å². The molecule has 1 aromatic heterocycles. The minimum atomic E-state index is -3.49. The molecule has 7 nitrogen and oxygen atoms in total. The number of nitrogens with zero attached hydrogens (tertiary/aromatic N) is 3. The fourth-order valence-electron chi connectivity index (χ4n) is 1.60. The third-order valence-electron chi connectivity index (χ3n) is 2.82. The first kappa shape index (κ1) is 16.2. The summed E-state index contributed by atoms with van der Waals surface area (Å²) in [6.45, 7) is 2.68. The summed E-state index contributed by atoms with van der Waals surface area (Å²) in [7, 11) is -0.374. The molecule has 0 unspecified atom stereocenters. The van der Waals surface area contributed by atoms with E-state index in [1.165, 1.54) is 19.2 Å². The van der Waals surface area contributed by atoms with Crippen LogP contribution in [0, 0.1) is 0 Å². The topological polar surface area (TPSA) is 90.8 Å². The van der Waals surface area contributed by atoms with Crippen LogP contribution in [0.2, 0.25) is 0 Å². The molecule has 8 heteroatoms. The van der Waals surface area contributed by atoms with Gasteiger partial charge in [0.2, 0.25) is 10.0 Å². The number of aromatic nitrogens is 1. The Kier molecular flexibility index (Phi) is 4.93. The van der Waals surface area contributed by atoms with Crippen LogP contribution in [0.1, 0.15) is 23.7 Å². The standard InChI is InChI=1S/C12H19N3O4S/c1-5-6-14(2)10-7-9(12(16)17)8-11(13-10)15(3)20(4,18)19/h7-8H,5-6H2,1-4H3,(H,16,17). The van der Waals surface area contributed by atoms with Gasteiger partial charge in [-0.1, -0.05) is 6.92 Å². The number of carbonyl (C=O) groups is 1. The van der Waals surface area contributed by atoms with Crippen molar-refractivity contribution in [2.75, 3.05) is 36.1 Å². The number of sulfonamides is 1. The zero-order valence-corrected chi connectivity index (χ0v) is 12.8. The second kappa shape index (κ2) is 6.08. The number of carboxylic acids is 1. The SMILES string of the molecule is CCCN(C)c1cc(C(=O)O)cc(N(C)S(C)(=O)=O)n1. The largest absolute Gasteiger partial charge is 0.478 e. The van der Waals surface area contributed by atoms with Crippen LogP contribution in [0.3, 0.4) is 0 Å². The molecule has 112 valence electrons. The van der Waals surface area contributed by atoms with Gasteiger partial charge in [-0.2, -0.15) is 0 Å². The highest BCUT2D eigenvalue weighted by atomic mass is 32.2. The second-order valence-electron chi connectivity index (χ2n) is 4.53. The summed E-state index contributed by atoms with van der Waals surface area (Å²) < 4.78 is 24.1. The predicted octanol–water partition coefficient (Wildman–Crippen LogP) is 1.02. The molecule has 0 bridgehead atoms. The van der Waals surface area contributed by atoms with Gasteiger partial charge in [0.05, 0.1) is 11.8 Å². The number of pyridine rings is 1. The van der Waals surface area contributed by atoms with Crippen molar-refractivity contribution in [3.8, 4) is 0 Å². The molecule has 0 aliphatic heterocycles. The number of rotatable bonds is 6. The van der Waals surface area contributed by atoms with Gasteiger partial charge in [0.1, 0.15) is 11.6 Å². The van der Waals surface area contributed by atoms with Gasteiger partial charge < -0.3 is 10.0 Å². The lowest BCUT2D eigenvalue weighted by Crippen LogP contribution is -2.27. The van der Waals surface area contributed by atoms with E-state index in [0.717, 1.165) is 17.0 Å². The first-order valence-electron chi connectivity index (χ1n) is 6.07. The van der Waals surface area contributed by atoms with Crippen LogP contribution in [0.25, 0.3) is 0 Å². The Morgan fingerprint density at radius 2 is 1.85 bits per heavy atom. The fraction of sp³-hybridized carbons (Fsp3) is 0.500. The van der Waals surface area contributed by atoms with E-state index in [4.69, 9.17) is 5.11 Å². The fourth-order valence-corrected chi connectivity index (χ4v) is 2.04. The minimum Gasteiger partial charge on any atom is -0.478 e. The molecule has 0 fully saturated rings. The quantitative estimate of drug-likeness (QED) is 0.843. The lowest BCUT2D eigenvalue weighted by Gasteiger charge is -2.21. The molecule has 0 radical (unpaired) electrons. The van der Waals surface area contributed by atoms with E-state index >= 15 is 0 Å². The average Bonchev–Trinajstić information content (AvgIpc) is 2.36. The highest BCUT2D eigenvalue weighted by Crippen LogP contribution is 2.21. The van der Waals surface area contributed by atoms with Gasteiger partial charge in [-0.05, 0) is 18.6 Å². The number of carboxylic acid groups (broad SMARTS) is 1. The van der Waals surface area contributed by atoms with Crippen molar-refractivity contribution in [1.82, 2.24) is 4.98 Å². The van der Waals surface area contributed by atoms with Gasteiger partial charge in [-0.3, -0.25) is 4.31 Å². The highest BCUT2D eigenvalue weighted by Gasteiger charge is 2.18. The molecule has 0 saturated heterocycles. The lowest BCUT2D eigenvalue weighted by molar-refractivity contribution is 0.0697. The van der Waals surface area contributed by atoms with E-state index in [1.807, 2.05) is 6.92 Å². The smallest absolute Gasteiger partial charge is 0.335 e. The summed E-state index contributed by atoms with van der Waals surface area (Å²) in [5.74, 6) is -0.607. The summed E-state index contributed by atoms with van der Waals surface area (Å²) >= 11 is 0. The van der Waals surface area contributed by atoms with Gasteiger partial charge >= 0.3 is 5.97 Å². The Hall–Kier alpha value is -1.83. The van der Waals surface area contributed by atoms with Crippen molar-refractivity contribution in [3.05, 3.63) is 17.7 Å². The van der Waals surface area contributed by atoms with Crippen LogP contribution in [-0.2, 0) is 10.0 Å². The molecule has 0 atom stereocenters. The number of anilines is 2. The minimum absolute atomic E-state index is 0.00320. The molecule has 0 aliphatic rings. The Balaban J connectivity index is 3.35. The van der Waals surface area contributed by atoms with Crippen LogP contribution < -0.4 is 9.21 Å². The van der Waals surface area contributed by atoms with E-state index < -0.39 is 16.0 Å². The van der Waals surface area contributed by atoms with E-state index in [-0.39, 0.29) is 11.4 Å². The number of hydrogen-bond donors (Lipinski definition) is 1. The molecule has 0 saturated carbocycles. The number of aromatic carboxylic acids is 1. The van der Waals surface area contributed by atoms with Crippen LogP contribution in [0.5, 0.6) is 0 Å². The molecule has 1 N–H and O–H groups in total. The molecule has 1 rings (SSSR count).